The van der Waals surface area contributed by atoms with Crippen molar-refractivity contribution in [2.24, 2.45) is 0 Å². The van der Waals surface area contributed by atoms with Gasteiger partial charge in [-0.1, -0.05) is 126 Å². The largest absolute Gasteiger partial charge is 0.501 e. The number of aryl methyl sites for hydroxylation is 2. The molecule has 0 saturated carbocycles. The summed E-state index contributed by atoms with van der Waals surface area (Å²) in [5.41, 5.74) is 11.3. The van der Waals surface area contributed by atoms with E-state index in [1.165, 1.54) is 18.2 Å². The van der Waals surface area contributed by atoms with Crippen LogP contribution in [0.25, 0.3) is 72.4 Å². The first-order valence-electron chi connectivity index (χ1n) is 22.9. The Bertz CT molecular complexity index is 3080. The molecule has 0 aliphatic rings. The third-order valence-corrected chi connectivity index (χ3v) is 10.4. The van der Waals surface area contributed by atoms with E-state index in [1.807, 2.05) is 92.7 Å². The van der Waals surface area contributed by atoms with Crippen LogP contribution in [0.3, 0.4) is 0 Å². The number of hydrogen-bond acceptors (Lipinski definition) is 3. The molecule has 0 bridgehead atoms. The van der Waals surface area contributed by atoms with Crippen LogP contribution in [0.2, 0.25) is 0 Å². The van der Waals surface area contributed by atoms with Gasteiger partial charge in [-0.15, -0.1) is 53.6 Å². The molecular formula is C53H49IrN3O-2. The van der Waals surface area contributed by atoms with Gasteiger partial charge in [-0.25, -0.2) is 0 Å². The van der Waals surface area contributed by atoms with Crippen molar-refractivity contribution in [1.82, 2.24) is 14.5 Å². The number of para-hydroxylation sites is 2. The summed E-state index contributed by atoms with van der Waals surface area (Å²) in [5.74, 6) is 0.277. The van der Waals surface area contributed by atoms with Crippen LogP contribution < -0.4 is 0 Å². The molecule has 0 amide bonds. The smallest absolute Gasteiger partial charge is 0.121 e. The molecule has 58 heavy (non-hydrogen) atoms. The van der Waals surface area contributed by atoms with Crippen LogP contribution in [-0.2, 0) is 20.1 Å². The van der Waals surface area contributed by atoms with Gasteiger partial charge in [0.2, 0.25) is 0 Å². The molecule has 6 aromatic carbocycles. The number of hydrogen-bond donors (Lipinski definition) is 0. The molecule has 293 valence electrons. The molecule has 0 spiro atoms. The predicted molar refractivity (Wildman–Crippen MR) is 238 cm³/mol. The van der Waals surface area contributed by atoms with E-state index in [1.54, 1.807) is 12.3 Å². The topological polar surface area (TPSA) is 43.9 Å². The molecule has 0 aliphatic heterocycles. The number of benzene rings is 6. The fourth-order valence-electron chi connectivity index (χ4n) is 7.43. The van der Waals surface area contributed by atoms with Gasteiger partial charge in [0.25, 0.3) is 0 Å². The maximum absolute atomic E-state index is 8.35. The third kappa shape index (κ3) is 7.82. The Morgan fingerprint density at radius 3 is 2.14 bits per heavy atom. The van der Waals surface area contributed by atoms with Gasteiger partial charge in [0.15, 0.2) is 0 Å². The maximum Gasteiger partial charge on any atom is 0.121 e. The molecule has 0 saturated heterocycles. The number of fused-ring (bicyclic) bond motifs is 4. The van der Waals surface area contributed by atoms with Crippen LogP contribution in [-0.4, -0.2) is 14.5 Å². The van der Waals surface area contributed by atoms with Gasteiger partial charge in [-0.2, -0.15) is 0 Å². The van der Waals surface area contributed by atoms with Gasteiger partial charge in [0.1, 0.15) is 5.58 Å². The minimum atomic E-state index is -2.46. The fourth-order valence-corrected chi connectivity index (χ4v) is 7.43. The molecule has 0 N–H and O–H groups in total. The van der Waals surface area contributed by atoms with E-state index < -0.39 is 19.6 Å². The van der Waals surface area contributed by atoms with Gasteiger partial charge >= 0.3 is 0 Å². The van der Waals surface area contributed by atoms with E-state index in [2.05, 4.69) is 73.6 Å². The molecule has 3 heterocycles. The summed E-state index contributed by atoms with van der Waals surface area (Å²) in [4.78, 5) is 9.51. The summed E-state index contributed by atoms with van der Waals surface area (Å²) in [6.07, 6.45) is 1.77. The van der Waals surface area contributed by atoms with Gasteiger partial charge in [-0.3, -0.25) is 4.98 Å². The van der Waals surface area contributed by atoms with Gasteiger partial charge in [0.05, 0.1) is 22.4 Å². The standard InChI is InChI=1S/C39H35N2O.C14H14N.Ir/c1-23(2)31-21-28(27-12-8-7-9-13-27)22-32(24(3)4)37(31)41-34-15-11-10-14-33(34)40-39(41)30-19-17-26(6)36-29-18-16-25(5)20-35(29)42-38(30)36;1-11(2)13-8-9-14(15-10-13)12-6-4-3-5-7-12;/h7-18,20-24H,1-6H3;3-6,8-11H,1-2H3;/q2*-1;/i5D3,6D3;11D;. The normalized spacial score (nSPS) is 13.8. The first kappa shape index (κ1) is 32.4. The zero-order valence-corrected chi connectivity index (χ0v) is 35.8. The minimum Gasteiger partial charge on any atom is -0.501 e. The van der Waals surface area contributed by atoms with Crippen molar-refractivity contribution >= 4 is 33.0 Å². The van der Waals surface area contributed by atoms with Gasteiger partial charge < -0.3 is 14.0 Å². The van der Waals surface area contributed by atoms with Crippen molar-refractivity contribution in [2.75, 3.05) is 0 Å². The number of imidazole rings is 1. The summed E-state index contributed by atoms with van der Waals surface area (Å²) in [6, 6.07) is 47.0. The molecule has 0 atom stereocenters. The maximum atomic E-state index is 8.35. The Balaban J connectivity index is 0.000000313. The van der Waals surface area contributed by atoms with Crippen LogP contribution in [0.4, 0.5) is 0 Å². The average Bonchev–Trinajstić information content (AvgIpc) is 3.84. The second kappa shape index (κ2) is 17.1. The molecule has 3 aromatic heterocycles. The number of rotatable bonds is 7. The quantitative estimate of drug-likeness (QED) is 0.150. The summed E-state index contributed by atoms with van der Waals surface area (Å²) < 4.78 is 65.4. The Kier molecular flexibility index (Phi) is 9.53. The Labute approximate surface area is 366 Å². The van der Waals surface area contributed by atoms with Crippen LogP contribution in [0.1, 0.15) is 96.7 Å². The van der Waals surface area contributed by atoms with Crippen LogP contribution in [0, 0.1) is 25.8 Å². The Morgan fingerprint density at radius 1 is 0.741 bits per heavy atom. The second-order valence-electron chi connectivity index (χ2n) is 15.2. The van der Waals surface area contributed by atoms with E-state index in [0.29, 0.717) is 33.3 Å². The van der Waals surface area contributed by atoms with Crippen molar-refractivity contribution in [2.45, 2.75) is 73.0 Å². The molecule has 0 unspecified atom stereocenters. The Morgan fingerprint density at radius 2 is 1.48 bits per heavy atom. The van der Waals surface area contributed by atoms with Crippen molar-refractivity contribution in [1.29, 1.82) is 0 Å². The summed E-state index contributed by atoms with van der Waals surface area (Å²) in [5, 5.41) is 0.932. The minimum absolute atomic E-state index is 0. The molecule has 9 rings (SSSR count). The van der Waals surface area contributed by atoms with Gasteiger partial charge in [-0.05, 0) is 94.0 Å². The first-order valence-corrected chi connectivity index (χ1v) is 19.4. The van der Waals surface area contributed by atoms with E-state index in [4.69, 9.17) is 19.0 Å². The zero-order chi connectivity index (χ0) is 45.7. The van der Waals surface area contributed by atoms with E-state index in [9.17, 15) is 0 Å². The van der Waals surface area contributed by atoms with Crippen LogP contribution in [0.15, 0.2) is 138 Å². The van der Waals surface area contributed by atoms with E-state index in [0.717, 1.165) is 55.8 Å². The van der Waals surface area contributed by atoms with Crippen molar-refractivity contribution in [3.05, 3.63) is 174 Å². The zero-order valence-electron chi connectivity index (χ0n) is 40.4. The molecule has 9 aromatic rings. The SMILES string of the molecule is [2H]C(C)(C)c1ccc(-c2[c-]cccc2)nc1.[2H]C([2H])([2H])c1ccc2c(c1)oc1c(-c3nc4ccccc4n3-c3c(C(C)C)cc(-c4ccccc4)cc3C(C)C)[c-]cc(C([2H])([2H])[2H])c12.[Ir]. The molecule has 0 aliphatic carbocycles. The number of aromatic nitrogens is 3. The van der Waals surface area contributed by atoms with Crippen molar-refractivity contribution in [3.8, 4) is 39.5 Å². The molecule has 5 heteroatoms. The summed E-state index contributed by atoms with van der Waals surface area (Å²) >= 11 is 0. The second-order valence-corrected chi connectivity index (χ2v) is 15.2. The van der Waals surface area contributed by atoms with Crippen molar-refractivity contribution < 1.29 is 34.1 Å². The van der Waals surface area contributed by atoms with Crippen molar-refractivity contribution in [3.63, 3.8) is 0 Å². The van der Waals surface area contributed by atoms with Crippen LogP contribution in [0.5, 0.6) is 0 Å². The fraction of sp³-hybridized carbons (Fsp3) is 0.208. The monoisotopic (exact) mass is 943 g/mol. The predicted octanol–water partition coefficient (Wildman–Crippen LogP) is 14.6. The summed E-state index contributed by atoms with van der Waals surface area (Å²) in [7, 11) is 0. The Hall–Kier alpha value is -5.61. The van der Waals surface area contributed by atoms with Crippen LogP contribution >= 0.6 is 0 Å². The molecule has 4 nitrogen and oxygen atoms in total. The number of nitrogens with zero attached hydrogens (tertiary/aromatic N) is 3. The van der Waals surface area contributed by atoms with Gasteiger partial charge in [0, 0.05) is 47.0 Å². The first-order chi connectivity index (χ1) is 30.3. The summed E-state index contributed by atoms with van der Waals surface area (Å²) in [6.45, 7) is 7.66. The number of furan rings is 1. The molecular weight excluding hydrogens is 887 g/mol. The molecule has 0 fully saturated rings. The number of pyridine rings is 1. The average molecular weight is 943 g/mol. The van der Waals surface area contributed by atoms with E-state index in [-0.39, 0.29) is 43.1 Å². The van der Waals surface area contributed by atoms with E-state index >= 15 is 0 Å². The third-order valence-electron chi connectivity index (χ3n) is 10.4. The molecule has 1 radical (unpaired) electrons.